The van der Waals surface area contributed by atoms with Gasteiger partial charge in [-0.3, -0.25) is 4.21 Å². The highest BCUT2D eigenvalue weighted by Crippen LogP contribution is 1.89. The van der Waals surface area contributed by atoms with Crippen molar-refractivity contribution in [2.75, 3.05) is 31.8 Å². The summed E-state index contributed by atoms with van der Waals surface area (Å²) in [7, 11) is 0.749. The molecule has 0 aliphatic rings. The Hall–Kier alpha value is -0.580. The second kappa shape index (κ2) is 8.52. The maximum Gasteiger partial charge on any atom is 0.0577 e. The SMILES string of the molecule is COCCS(=O)CCCN=[N+]=[N-]. The molecule has 0 bridgehead atoms. The Balaban J connectivity index is 3.25. The minimum atomic E-state index is -0.832. The van der Waals surface area contributed by atoms with Crippen molar-refractivity contribution in [1.82, 2.24) is 0 Å². The van der Waals surface area contributed by atoms with Crippen LogP contribution in [0.1, 0.15) is 6.42 Å². The molecular formula is C6H13N3O2S. The van der Waals surface area contributed by atoms with Gasteiger partial charge in [-0.05, 0) is 12.0 Å². The summed E-state index contributed by atoms with van der Waals surface area (Å²) in [6, 6.07) is 0. The minimum Gasteiger partial charge on any atom is -0.384 e. The summed E-state index contributed by atoms with van der Waals surface area (Å²) in [5, 5.41) is 3.34. The average molecular weight is 191 g/mol. The average Bonchev–Trinajstić information content (AvgIpc) is 2.09. The number of hydrogen-bond acceptors (Lipinski definition) is 3. The molecule has 0 saturated heterocycles. The summed E-state index contributed by atoms with van der Waals surface area (Å²) in [6.07, 6.45) is 0.681. The lowest BCUT2D eigenvalue weighted by atomic mass is 10.5. The molecule has 0 rings (SSSR count). The van der Waals surface area contributed by atoms with E-state index in [9.17, 15) is 4.21 Å². The van der Waals surface area contributed by atoms with Crippen LogP contribution in [0, 0.1) is 0 Å². The number of nitrogens with zero attached hydrogens (tertiary/aromatic N) is 3. The van der Waals surface area contributed by atoms with E-state index >= 15 is 0 Å². The highest BCUT2D eigenvalue weighted by atomic mass is 32.2. The van der Waals surface area contributed by atoms with E-state index in [0.717, 1.165) is 0 Å². The minimum absolute atomic E-state index is 0.426. The lowest BCUT2D eigenvalue weighted by molar-refractivity contribution is 0.218. The zero-order valence-corrected chi connectivity index (χ0v) is 7.92. The molecule has 0 aromatic rings. The first kappa shape index (κ1) is 11.4. The van der Waals surface area contributed by atoms with Crippen molar-refractivity contribution in [2.24, 2.45) is 5.11 Å². The van der Waals surface area contributed by atoms with E-state index in [2.05, 4.69) is 10.0 Å². The first-order chi connectivity index (χ1) is 5.81. The molecule has 5 nitrogen and oxygen atoms in total. The van der Waals surface area contributed by atoms with Crippen molar-refractivity contribution in [3.05, 3.63) is 10.4 Å². The van der Waals surface area contributed by atoms with Crippen LogP contribution in [0.25, 0.3) is 10.4 Å². The number of rotatable bonds is 7. The summed E-state index contributed by atoms with van der Waals surface area (Å²) in [4.78, 5) is 2.60. The van der Waals surface area contributed by atoms with E-state index in [1.807, 2.05) is 0 Å². The molecule has 0 N–H and O–H groups in total. The van der Waals surface area contributed by atoms with Gasteiger partial charge in [0, 0.05) is 40.9 Å². The predicted octanol–water partition coefficient (Wildman–Crippen LogP) is 1.08. The van der Waals surface area contributed by atoms with Gasteiger partial charge in [0.15, 0.2) is 0 Å². The summed E-state index contributed by atoms with van der Waals surface area (Å²) in [6.45, 7) is 0.948. The molecule has 0 amide bonds. The smallest absolute Gasteiger partial charge is 0.0577 e. The molecule has 0 aromatic heterocycles. The molecule has 0 aliphatic heterocycles. The molecule has 0 spiro atoms. The van der Waals surface area contributed by atoms with Crippen LogP contribution in [0.15, 0.2) is 5.11 Å². The van der Waals surface area contributed by atoms with Crippen LogP contribution in [-0.2, 0) is 15.5 Å². The first-order valence-electron chi connectivity index (χ1n) is 3.66. The van der Waals surface area contributed by atoms with Crippen LogP contribution in [-0.4, -0.2) is 36.0 Å². The zero-order chi connectivity index (χ0) is 9.23. The van der Waals surface area contributed by atoms with E-state index in [4.69, 9.17) is 10.3 Å². The van der Waals surface area contributed by atoms with Gasteiger partial charge in [0.25, 0.3) is 0 Å². The second-order valence-corrected chi connectivity index (χ2v) is 3.85. The highest BCUT2D eigenvalue weighted by Gasteiger charge is 1.97. The molecule has 6 heteroatoms. The third-order valence-corrected chi connectivity index (χ3v) is 2.57. The number of hydrogen-bond donors (Lipinski definition) is 0. The standard InChI is InChI=1S/C6H13N3O2S/c1-11-4-6-12(10)5-2-3-8-9-7/h2-6H2,1H3. The molecule has 0 aliphatic carbocycles. The van der Waals surface area contributed by atoms with Gasteiger partial charge in [-0.1, -0.05) is 5.11 Å². The molecule has 0 saturated carbocycles. The topological polar surface area (TPSA) is 75.1 Å². The normalized spacial score (nSPS) is 12.1. The second-order valence-electron chi connectivity index (χ2n) is 2.15. The predicted molar refractivity (Wildman–Crippen MR) is 48.4 cm³/mol. The van der Waals surface area contributed by atoms with Crippen molar-refractivity contribution >= 4 is 10.8 Å². The Labute approximate surface area is 74.2 Å². The summed E-state index contributed by atoms with van der Waals surface area (Å²) in [5.74, 6) is 1.15. The molecule has 70 valence electrons. The molecule has 0 fully saturated rings. The maximum atomic E-state index is 11.1. The van der Waals surface area contributed by atoms with Crippen molar-refractivity contribution in [1.29, 1.82) is 0 Å². The van der Waals surface area contributed by atoms with Crippen LogP contribution in [0.4, 0.5) is 0 Å². The molecule has 1 atom stereocenters. The van der Waals surface area contributed by atoms with Gasteiger partial charge in [-0.2, -0.15) is 0 Å². The Morgan fingerprint density at radius 2 is 2.33 bits per heavy atom. The van der Waals surface area contributed by atoms with Crippen molar-refractivity contribution in [3.8, 4) is 0 Å². The molecule has 1 unspecified atom stereocenters. The highest BCUT2D eigenvalue weighted by molar-refractivity contribution is 7.84. The van der Waals surface area contributed by atoms with Crippen molar-refractivity contribution < 1.29 is 8.95 Å². The lowest BCUT2D eigenvalue weighted by Gasteiger charge is -1.98. The fourth-order valence-corrected chi connectivity index (χ4v) is 1.63. The molecule has 0 radical (unpaired) electrons. The molecular weight excluding hydrogens is 178 g/mol. The van der Waals surface area contributed by atoms with Gasteiger partial charge >= 0.3 is 0 Å². The number of methoxy groups -OCH3 is 1. The van der Waals surface area contributed by atoms with Crippen molar-refractivity contribution in [2.45, 2.75) is 6.42 Å². The van der Waals surface area contributed by atoms with E-state index in [1.54, 1.807) is 7.11 Å². The van der Waals surface area contributed by atoms with Gasteiger partial charge in [-0.25, -0.2) is 0 Å². The van der Waals surface area contributed by atoms with Gasteiger partial charge < -0.3 is 4.74 Å². The monoisotopic (exact) mass is 191 g/mol. The number of ether oxygens (including phenoxy) is 1. The first-order valence-corrected chi connectivity index (χ1v) is 5.15. The third kappa shape index (κ3) is 7.53. The van der Waals surface area contributed by atoms with E-state index in [0.29, 0.717) is 31.1 Å². The Morgan fingerprint density at radius 3 is 2.92 bits per heavy atom. The van der Waals surface area contributed by atoms with Crippen LogP contribution >= 0.6 is 0 Å². The van der Waals surface area contributed by atoms with E-state index in [1.165, 1.54) is 0 Å². The fourth-order valence-electron chi connectivity index (χ4n) is 0.619. The maximum absolute atomic E-state index is 11.1. The van der Waals surface area contributed by atoms with Crippen LogP contribution in [0.5, 0.6) is 0 Å². The molecule has 0 aromatic carbocycles. The van der Waals surface area contributed by atoms with Crippen LogP contribution in [0.2, 0.25) is 0 Å². The Bertz CT molecular complexity index is 180. The van der Waals surface area contributed by atoms with E-state index < -0.39 is 10.8 Å². The quantitative estimate of drug-likeness (QED) is 0.261. The Morgan fingerprint density at radius 1 is 1.58 bits per heavy atom. The summed E-state index contributed by atoms with van der Waals surface area (Å²) >= 11 is 0. The summed E-state index contributed by atoms with van der Waals surface area (Å²) in [5.41, 5.74) is 7.94. The van der Waals surface area contributed by atoms with Gasteiger partial charge in [0.1, 0.15) is 0 Å². The van der Waals surface area contributed by atoms with Crippen LogP contribution < -0.4 is 0 Å². The van der Waals surface area contributed by atoms with Gasteiger partial charge in [0.2, 0.25) is 0 Å². The zero-order valence-electron chi connectivity index (χ0n) is 7.10. The Kier molecular flexibility index (Phi) is 8.10. The molecule has 0 heterocycles. The molecule has 12 heavy (non-hydrogen) atoms. The third-order valence-electron chi connectivity index (χ3n) is 1.21. The lowest BCUT2D eigenvalue weighted by Crippen LogP contribution is -2.08. The van der Waals surface area contributed by atoms with Gasteiger partial charge in [0.05, 0.1) is 6.61 Å². The van der Waals surface area contributed by atoms with Gasteiger partial charge in [-0.15, -0.1) is 0 Å². The summed E-state index contributed by atoms with van der Waals surface area (Å²) < 4.78 is 15.8. The van der Waals surface area contributed by atoms with Crippen LogP contribution in [0.3, 0.4) is 0 Å². The number of azide groups is 1. The van der Waals surface area contributed by atoms with Crippen molar-refractivity contribution in [3.63, 3.8) is 0 Å². The van der Waals surface area contributed by atoms with E-state index in [-0.39, 0.29) is 0 Å². The fraction of sp³-hybridized carbons (Fsp3) is 1.00. The largest absolute Gasteiger partial charge is 0.384 e.